The molecule has 1 aromatic rings. The summed E-state index contributed by atoms with van der Waals surface area (Å²) in [6, 6.07) is 4.05. The molecule has 20 heavy (non-hydrogen) atoms. The number of nitro benzene ring substituents is 1. The smallest absolute Gasteiger partial charge is 0.292 e. The van der Waals surface area contributed by atoms with Crippen molar-refractivity contribution in [3.63, 3.8) is 0 Å². The second-order valence-electron chi connectivity index (χ2n) is 5.56. The third-order valence-corrected chi connectivity index (χ3v) is 3.04. The Kier molecular flexibility index (Phi) is 4.67. The SMILES string of the molecule is CN(CC(C)(C)CN)C(=O)c1ccc(N)c([N+](=O)[O-])c1. The van der Waals surface area contributed by atoms with E-state index in [0.717, 1.165) is 0 Å². The van der Waals surface area contributed by atoms with Gasteiger partial charge >= 0.3 is 0 Å². The van der Waals surface area contributed by atoms with Gasteiger partial charge in [0.25, 0.3) is 11.6 Å². The number of nitrogens with zero attached hydrogens (tertiary/aromatic N) is 2. The molecule has 0 aromatic heterocycles. The van der Waals surface area contributed by atoms with Crippen LogP contribution in [0.2, 0.25) is 0 Å². The van der Waals surface area contributed by atoms with Crippen LogP contribution in [0.5, 0.6) is 0 Å². The predicted octanol–water partition coefficient (Wildman–Crippen LogP) is 1.23. The second-order valence-corrected chi connectivity index (χ2v) is 5.56. The number of carbonyl (C=O) groups excluding carboxylic acids is 1. The Balaban J connectivity index is 2.98. The number of rotatable bonds is 5. The van der Waals surface area contributed by atoms with Crippen molar-refractivity contribution in [1.29, 1.82) is 0 Å². The van der Waals surface area contributed by atoms with E-state index in [0.29, 0.717) is 13.1 Å². The zero-order valence-corrected chi connectivity index (χ0v) is 11.9. The van der Waals surface area contributed by atoms with Crippen LogP contribution in [0.4, 0.5) is 11.4 Å². The first-order valence-corrected chi connectivity index (χ1v) is 6.17. The summed E-state index contributed by atoms with van der Waals surface area (Å²) in [6.45, 7) is 4.79. The Morgan fingerprint density at radius 3 is 2.55 bits per heavy atom. The normalized spacial score (nSPS) is 11.2. The third-order valence-electron chi connectivity index (χ3n) is 3.04. The lowest BCUT2D eigenvalue weighted by Gasteiger charge is -2.29. The largest absolute Gasteiger partial charge is 0.393 e. The standard InChI is InChI=1S/C13H20N4O3/c1-13(2,7-14)8-16(3)12(18)9-4-5-10(15)11(6-9)17(19)20/h4-6H,7-8,14-15H2,1-3H3. The van der Waals surface area contributed by atoms with Gasteiger partial charge in [-0.05, 0) is 24.1 Å². The highest BCUT2D eigenvalue weighted by Gasteiger charge is 2.23. The number of carbonyl (C=O) groups is 1. The van der Waals surface area contributed by atoms with Crippen LogP contribution in [-0.4, -0.2) is 35.9 Å². The Morgan fingerprint density at radius 1 is 1.45 bits per heavy atom. The Morgan fingerprint density at radius 2 is 2.05 bits per heavy atom. The molecule has 110 valence electrons. The lowest BCUT2D eigenvalue weighted by Crippen LogP contribution is -2.39. The molecule has 0 atom stereocenters. The maximum atomic E-state index is 12.2. The molecule has 0 unspecified atom stereocenters. The molecule has 0 fully saturated rings. The van der Waals surface area contributed by atoms with Gasteiger partial charge in [0.2, 0.25) is 0 Å². The van der Waals surface area contributed by atoms with Crippen molar-refractivity contribution in [3.8, 4) is 0 Å². The first-order valence-electron chi connectivity index (χ1n) is 6.17. The quantitative estimate of drug-likeness (QED) is 0.478. The molecule has 0 saturated heterocycles. The molecule has 0 spiro atoms. The van der Waals surface area contributed by atoms with Crippen LogP contribution in [0.15, 0.2) is 18.2 Å². The number of anilines is 1. The van der Waals surface area contributed by atoms with Gasteiger partial charge in [-0.25, -0.2) is 0 Å². The number of hydrogen-bond acceptors (Lipinski definition) is 5. The average Bonchev–Trinajstić information content (AvgIpc) is 2.37. The number of benzene rings is 1. The van der Waals surface area contributed by atoms with Crippen molar-refractivity contribution in [2.24, 2.45) is 11.1 Å². The van der Waals surface area contributed by atoms with E-state index in [-0.39, 0.29) is 28.3 Å². The lowest BCUT2D eigenvalue weighted by molar-refractivity contribution is -0.383. The minimum absolute atomic E-state index is 0.0384. The van der Waals surface area contributed by atoms with Gasteiger partial charge in [-0.15, -0.1) is 0 Å². The lowest BCUT2D eigenvalue weighted by atomic mass is 9.93. The van der Waals surface area contributed by atoms with Gasteiger partial charge in [-0.3, -0.25) is 14.9 Å². The number of hydrogen-bond donors (Lipinski definition) is 2. The van der Waals surface area contributed by atoms with E-state index in [4.69, 9.17) is 11.5 Å². The first kappa shape index (κ1) is 15.9. The number of nitro groups is 1. The molecule has 1 aromatic carbocycles. The molecule has 0 aliphatic heterocycles. The zero-order valence-electron chi connectivity index (χ0n) is 11.9. The monoisotopic (exact) mass is 280 g/mol. The van der Waals surface area contributed by atoms with Crippen LogP contribution in [0.25, 0.3) is 0 Å². The summed E-state index contributed by atoms with van der Waals surface area (Å²) in [5.74, 6) is -0.297. The van der Waals surface area contributed by atoms with Crippen LogP contribution >= 0.6 is 0 Å². The maximum absolute atomic E-state index is 12.2. The molecule has 0 aliphatic carbocycles. The number of nitrogen functional groups attached to an aromatic ring is 1. The molecule has 0 bridgehead atoms. The molecular weight excluding hydrogens is 260 g/mol. The molecular formula is C13H20N4O3. The topological polar surface area (TPSA) is 115 Å². The summed E-state index contributed by atoms with van der Waals surface area (Å²) >= 11 is 0. The van der Waals surface area contributed by atoms with Crippen molar-refractivity contribution in [1.82, 2.24) is 4.90 Å². The summed E-state index contributed by atoms with van der Waals surface area (Å²) in [5, 5.41) is 10.8. The minimum Gasteiger partial charge on any atom is -0.393 e. The van der Waals surface area contributed by atoms with Crippen molar-refractivity contribution < 1.29 is 9.72 Å². The van der Waals surface area contributed by atoms with Gasteiger partial charge in [0.15, 0.2) is 0 Å². The van der Waals surface area contributed by atoms with Crippen molar-refractivity contribution in [2.75, 3.05) is 25.9 Å². The van der Waals surface area contributed by atoms with Crippen LogP contribution in [0.1, 0.15) is 24.2 Å². The molecule has 1 rings (SSSR count). The van der Waals surface area contributed by atoms with Gasteiger partial charge in [0, 0.05) is 25.2 Å². The number of nitrogens with two attached hydrogens (primary N) is 2. The molecule has 1 amide bonds. The van der Waals surface area contributed by atoms with E-state index in [1.807, 2.05) is 13.8 Å². The summed E-state index contributed by atoms with van der Waals surface area (Å²) < 4.78 is 0. The highest BCUT2D eigenvalue weighted by molar-refractivity contribution is 5.95. The molecule has 7 heteroatoms. The zero-order chi connectivity index (χ0) is 15.5. The highest BCUT2D eigenvalue weighted by Crippen LogP contribution is 2.23. The van der Waals surface area contributed by atoms with Crippen molar-refractivity contribution in [2.45, 2.75) is 13.8 Å². The van der Waals surface area contributed by atoms with Gasteiger partial charge in [-0.1, -0.05) is 13.8 Å². The first-order chi connectivity index (χ1) is 9.18. The van der Waals surface area contributed by atoms with Gasteiger partial charge in [0.1, 0.15) is 5.69 Å². The maximum Gasteiger partial charge on any atom is 0.292 e. The predicted molar refractivity (Wildman–Crippen MR) is 77.3 cm³/mol. The molecule has 0 aliphatic rings. The van der Waals surface area contributed by atoms with Crippen LogP contribution < -0.4 is 11.5 Å². The average molecular weight is 280 g/mol. The van der Waals surface area contributed by atoms with E-state index in [1.165, 1.54) is 23.1 Å². The Labute approximate surface area is 117 Å². The fraction of sp³-hybridized carbons (Fsp3) is 0.462. The van der Waals surface area contributed by atoms with Gasteiger partial charge in [-0.2, -0.15) is 0 Å². The van der Waals surface area contributed by atoms with Crippen molar-refractivity contribution >= 4 is 17.3 Å². The van der Waals surface area contributed by atoms with Gasteiger partial charge in [0.05, 0.1) is 4.92 Å². The molecule has 0 heterocycles. The van der Waals surface area contributed by atoms with E-state index in [9.17, 15) is 14.9 Å². The molecule has 0 saturated carbocycles. The molecule has 4 N–H and O–H groups in total. The third kappa shape index (κ3) is 3.67. The Bertz CT molecular complexity index is 528. The van der Waals surface area contributed by atoms with Crippen LogP contribution in [0, 0.1) is 15.5 Å². The van der Waals surface area contributed by atoms with E-state index >= 15 is 0 Å². The molecule has 0 radical (unpaired) electrons. The van der Waals surface area contributed by atoms with Crippen molar-refractivity contribution in [3.05, 3.63) is 33.9 Å². The summed E-state index contributed by atoms with van der Waals surface area (Å²) in [5.41, 5.74) is 10.9. The van der Waals surface area contributed by atoms with E-state index in [1.54, 1.807) is 7.05 Å². The van der Waals surface area contributed by atoms with Crippen LogP contribution in [-0.2, 0) is 0 Å². The fourth-order valence-corrected chi connectivity index (χ4v) is 1.83. The second kappa shape index (κ2) is 5.87. The Hall–Kier alpha value is -2.15. The van der Waals surface area contributed by atoms with E-state index < -0.39 is 4.92 Å². The fourth-order valence-electron chi connectivity index (χ4n) is 1.83. The highest BCUT2D eigenvalue weighted by atomic mass is 16.6. The summed E-state index contributed by atoms with van der Waals surface area (Å²) in [7, 11) is 1.64. The summed E-state index contributed by atoms with van der Waals surface area (Å²) in [6.07, 6.45) is 0. The van der Waals surface area contributed by atoms with Gasteiger partial charge < -0.3 is 16.4 Å². The minimum atomic E-state index is -0.601. The summed E-state index contributed by atoms with van der Waals surface area (Å²) in [4.78, 5) is 24.0. The molecule has 7 nitrogen and oxygen atoms in total. The van der Waals surface area contributed by atoms with Crippen LogP contribution in [0.3, 0.4) is 0 Å². The number of amides is 1. The van der Waals surface area contributed by atoms with E-state index in [2.05, 4.69) is 0 Å².